The zero-order valence-corrected chi connectivity index (χ0v) is 11.4. The minimum Gasteiger partial charge on any atom is -0.395 e. The Hall–Kier alpha value is -1.35. The van der Waals surface area contributed by atoms with E-state index in [1.165, 1.54) is 11.3 Å². The van der Waals surface area contributed by atoms with E-state index in [2.05, 4.69) is 11.8 Å². The molecule has 4 nitrogen and oxygen atoms in total. The number of hydrogen-bond acceptors (Lipinski definition) is 4. The fourth-order valence-electron chi connectivity index (χ4n) is 1.95. The van der Waals surface area contributed by atoms with E-state index in [1.54, 1.807) is 11.0 Å². The third-order valence-corrected chi connectivity index (χ3v) is 4.01. The van der Waals surface area contributed by atoms with Crippen LogP contribution < -0.4 is 0 Å². The fraction of sp³-hybridized carbons (Fsp3) is 0.500. The van der Waals surface area contributed by atoms with Crippen LogP contribution in [0.5, 0.6) is 0 Å². The van der Waals surface area contributed by atoms with E-state index in [9.17, 15) is 9.90 Å². The number of aliphatic hydroxyl groups is 2. The number of amides is 1. The summed E-state index contributed by atoms with van der Waals surface area (Å²) in [4.78, 5) is 15.5. The lowest BCUT2D eigenvalue weighted by atomic mass is 10.1. The number of aliphatic hydroxyl groups excluding tert-OH is 2. The Morgan fingerprint density at radius 3 is 2.84 bits per heavy atom. The van der Waals surface area contributed by atoms with Crippen molar-refractivity contribution in [1.29, 1.82) is 0 Å². The Morgan fingerprint density at radius 1 is 1.42 bits per heavy atom. The molecule has 1 aromatic rings. The summed E-state index contributed by atoms with van der Waals surface area (Å²) in [6.45, 7) is 1.28. The Balaban J connectivity index is 1.98. The Kier molecular flexibility index (Phi) is 4.97. The molecule has 0 aliphatic carbocycles. The molecule has 1 fully saturated rings. The van der Waals surface area contributed by atoms with Crippen molar-refractivity contribution in [3.8, 4) is 11.8 Å². The molecule has 1 saturated heterocycles. The van der Waals surface area contributed by atoms with Crippen LogP contribution in [0.3, 0.4) is 0 Å². The Bertz CT molecular complexity index is 492. The van der Waals surface area contributed by atoms with Crippen molar-refractivity contribution in [1.82, 2.24) is 4.90 Å². The topological polar surface area (TPSA) is 60.8 Å². The van der Waals surface area contributed by atoms with Gasteiger partial charge in [-0.15, -0.1) is 11.3 Å². The Labute approximate surface area is 116 Å². The van der Waals surface area contributed by atoms with Gasteiger partial charge in [-0.2, -0.15) is 0 Å². The molecule has 1 aliphatic heterocycles. The summed E-state index contributed by atoms with van der Waals surface area (Å²) >= 11 is 1.38. The fourth-order valence-corrected chi connectivity index (χ4v) is 2.80. The number of piperidine rings is 1. The van der Waals surface area contributed by atoms with E-state index in [1.807, 2.05) is 6.07 Å². The van der Waals surface area contributed by atoms with Crippen LogP contribution in [0, 0.1) is 11.8 Å². The van der Waals surface area contributed by atoms with E-state index in [-0.39, 0.29) is 18.6 Å². The average Bonchev–Trinajstić information content (AvgIpc) is 2.88. The highest BCUT2D eigenvalue weighted by Gasteiger charge is 2.23. The van der Waals surface area contributed by atoms with E-state index in [4.69, 9.17) is 5.11 Å². The third-order valence-electron chi connectivity index (χ3n) is 3.02. The SMILES string of the molecule is O=C(c1ccc(C#CCCO)s1)N1CCC(O)CC1. The first-order chi connectivity index (χ1) is 9.20. The molecular formula is C14H17NO3S. The number of likely N-dealkylation sites (tertiary alicyclic amines) is 1. The lowest BCUT2D eigenvalue weighted by Gasteiger charge is -2.29. The van der Waals surface area contributed by atoms with Crippen molar-refractivity contribution in [2.45, 2.75) is 25.4 Å². The molecule has 1 aromatic heterocycles. The second-order valence-corrected chi connectivity index (χ2v) is 5.55. The van der Waals surface area contributed by atoms with Crippen LogP contribution in [0.1, 0.15) is 33.8 Å². The molecule has 0 atom stereocenters. The van der Waals surface area contributed by atoms with Gasteiger partial charge < -0.3 is 15.1 Å². The lowest BCUT2D eigenvalue weighted by Crippen LogP contribution is -2.39. The molecule has 0 aromatic carbocycles. The maximum atomic E-state index is 12.2. The lowest BCUT2D eigenvalue weighted by molar-refractivity contribution is 0.0550. The number of nitrogens with zero attached hydrogens (tertiary/aromatic N) is 1. The maximum absolute atomic E-state index is 12.2. The Morgan fingerprint density at radius 2 is 2.16 bits per heavy atom. The standard InChI is InChI=1S/C14H17NO3S/c16-10-2-1-3-12-4-5-13(19-12)14(18)15-8-6-11(17)7-9-15/h4-5,11,16-17H,2,6-10H2. The van der Waals surface area contributed by atoms with E-state index in [0.717, 1.165) is 4.88 Å². The van der Waals surface area contributed by atoms with Crippen molar-refractivity contribution < 1.29 is 15.0 Å². The van der Waals surface area contributed by atoms with E-state index < -0.39 is 0 Å². The first kappa shape index (κ1) is 14.1. The number of carbonyl (C=O) groups is 1. The molecule has 5 heteroatoms. The predicted octanol–water partition coefficient (Wildman–Crippen LogP) is 1.08. The minimum absolute atomic E-state index is 0.0205. The quantitative estimate of drug-likeness (QED) is 0.796. The molecule has 2 N–H and O–H groups in total. The zero-order chi connectivity index (χ0) is 13.7. The summed E-state index contributed by atoms with van der Waals surface area (Å²) in [6, 6.07) is 3.63. The zero-order valence-electron chi connectivity index (χ0n) is 10.6. The monoisotopic (exact) mass is 279 g/mol. The van der Waals surface area contributed by atoms with Crippen molar-refractivity contribution in [2.24, 2.45) is 0 Å². The molecule has 0 spiro atoms. The van der Waals surface area contributed by atoms with Gasteiger partial charge in [-0.25, -0.2) is 0 Å². The summed E-state index contributed by atoms with van der Waals surface area (Å²) in [5, 5.41) is 18.1. The molecule has 1 amide bonds. The maximum Gasteiger partial charge on any atom is 0.263 e. The molecule has 2 heterocycles. The van der Waals surface area contributed by atoms with Gasteiger partial charge in [-0.05, 0) is 25.0 Å². The number of rotatable bonds is 2. The molecule has 0 saturated carbocycles. The van der Waals surface area contributed by atoms with Gasteiger partial charge in [0.15, 0.2) is 0 Å². The van der Waals surface area contributed by atoms with Gasteiger partial charge in [0.2, 0.25) is 0 Å². The van der Waals surface area contributed by atoms with Gasteiger partial charge in [-0.3, -0.25) is 4.79 Å². The van der Waals surface area contributed by atoms with Gasteiger partial charge in [0.1, 0.15) is 0 Å². The van der Waals surface area contributed by atoms with Crippen LogP contribution in [-0.4, -0.2) is 46.8 Å². The number of carbonyl (C=O) groups excluding carboxylic acids is 1. The molecule has 0 radical (unpaired) electrons. The average molecular weight is 279 g/mol. The second kappa shape index (κ2) is 6.71. The first-order valence-corrected chi connectivity index (χ1v) is 7.19. The largest absolute Gasteiger partial charge is 0.395 e. The number of hydrogen-bond donors (Lipinski definition) is 2. The highest BCUT2D eigenvalue weighted by molar-refractivity contribution is 7.14. The van der Waals surface area contributed by atoms with E-state index >= 15 is 0 Å². The van der Waals surface area contributed by atoms with Crippen LogP contribution in [0.15, 0.2) is 12.1 Å². The van der Waals surface area contributed by atoms with Crippen molar-refractivity contribution >= 4 is 17.2 Å². The highest BCUT2D eigenvalue weighted by Crippen LogP contribution is 2.20. The highest BCUT2D eigenvalue weighted by atomic mass is 32.1. The van der Waals surface area contributed by atoms with Crippen LogP contribution in [-0.2, 0) is 0 Å². The van der Waals surface area contributed by atoms with Gasteiger partial charge >= 0.3 is 0 Å². The van der Waals surface area contributed by atoms with Crippen LogP contribution in [0.4, 0.5) is 0 Å². The summed E-state index contributed by atoms with van der Waals surface area (Å²) < 4.78 is 0. The van der Waals surface area contributed by atoms with E-state index in [0.29, 0.717) is 37.2 Å². The van der Waals surface area contributed by atoms with Crippen LogP contribution >= 0.6 is 11.3 Å². The molecule has 0 unspecified atom stereocenters. The second-order valence-electron chi connectivity index (χ2n) is 4.46. The summed E-state index contributed by atoms with van der Waals surface area (Å²) in [7, 11) is 0. The molecule has 2 rings (SSSR count). The smallest absolute Gasteiger partial charge is 0.263 e. The van der Waals surface area contributed by atoms with Crippen LogP contribution in [0.2, 0.25) is 0 Å². The predicted molar refractivity (Wildman–Crippen MR) is 74.0 cm³/mol. The van der Waals surface area contributed by atoms with Gasteiger partial charge in [0.25, 0.3) is 5.91 Å². The summed E-state index contributed by atoms with van der Waals surface area (Å²) in [5.74, 6) is 5.79. The first-order valence-electron chi connectivity index (χ1n) is 6.37. The van der Waals surface area contributed by atoms with Gasteiger partial charge in [0.05, 0.1) is 22.5 Å². The summed E-state index contributed by atoms with van der Waals surface area (Å²) in [6.07, 6.45) is 1.48. The molecular weight excluding hydrogens is 262 g/mol. The molecule has 102 valence electrons. The molecule has 0 bridgehead atoms. The van der Waals surface area contributed by atoms with Crippen molar-refractivity contribution in [3.05, 3.63) is 21.9 Å². The normalized spacial score (nSPS) is 16.0. The van der Waals surface area contributed by atoms with Crippen molar-refractivity contribution in [2.75, 3.05) is 19.7 Å². The van der Waals surface area contributed by atoms with Crippen molar-refractivity contribution in [3.63, 3.8) is 0 Å². The van der Waals surface area contributed by atoms with Crippen LogP contribution in [0.25, 0.3) is 0 Å². The summed E-state index contributed by atoms with van der Waals surface area (Å²) in [5.41, 5.74) is 0. The number of thiophene rings is 1. The third kappa shape index (κ3) is 3.80. The molecule has 19 heavy (non-hydrogen) atoms. The molecule has 1 aliphatic rings. The van der Waals surface area contributed by atoms with Gasteiger partial charge in [0, 0.05) is 19.5 Å². The minimum atomic E-state index is -0.271. The van der Waals surface area contributed by atoms with Gasteiger partial charge in [-0.1, -0.05) is 11.8 Å².